The first-order chi connectivity index (χ1) is 13.0. The van der Waals surface area contributed by atoms with Gasteiger partial charge in [-0.2, -0.15) is 0 Å². The first-order valence-corrected chi connectivity index (χ1v) is 9.54. The quantitative estimate of drug-likeness (QED) is 0.646. The Labute approximate surface area is 159 Å². The van der Waals surface area contributed by atoms with Crippen molar-refractivity contribution in [3.8, 4) is 0 Å². The number of carbonyl (C=O) groups is 3. The molecular weight excluding hydrogens is 348 g/mol. The number of carboxylic acids is 1. The Kier molecular flexibility index (Phi) is 8.26. The molecule has 1 aliphatic rings. The number of piperidine rings is 1. The van der Waals surface area contributed by atoms with Crippen LogP contribution < -0.4 is 5.32 Å². The molecular formula is C20H28N2O5. The standard InChI is InChI=1S/C20H28N2O5/c1-2-3-6-12-27-14-18(23)21-16-9-7-8-15(13-16)19(24)22-11-5-4-10-17(22)20(25)26/h7-9,13,17H,2-6,10-12,14H2,1H3,(H,21,23)(H,25,26). The van der Waals surface area contributed by atoms with Gasteiger partial charge < -0.3 is 20.1 Å². The minimum atomic E-state index is -0.979. The maximum absolute atomic E-state index is 12.8. The van der Waals surface area contributed by atoms with Gasteiger partial charge in [-0.3, -0.25) is 9.59 Å². The van der Waals surface area contributed by atoms with Crippen molar-refractivity contribution in [1.82, 2.24) is 4.90 Å². The van der Waals surface area contributed by atoms with Gasteiger partial charge in [0.2, 0.25) is 5.91 Å². The second-order valence-electron chi connectivity index (χ2n) is 6.74. The van der Waals surface area contributed by atoms with E-state index in [0.717, 1.165) is 32.1 Å². The number of likely N-dealkylation sites (tertiary alicyclic amines) is 1. The van der Waals surface area contributed by atoms with Gasteiger partial charge in [0.05, 0.1) is 0 Å². The van der Waals surface area contributed by atoms with Crippen molar-refractivity contribution >= 4 is 23.5 Å². The number of nitrogens with zero attached hydrogens (tertiary/aromatic N) is 1. The van der Waals surface area contributed by atoms with Crippen molar-refractivity contribution in [1.29, 1.82) is 0 Å². The van der Waals surface area contributed by atoms with Crippen LogP contribution in [0.25, 0.3) is 0 Å². The topological polar surface area (TPSA) is 95.9 Å². The van der Waals surface area contributed by atoms with Crippen LogP contribution in [-0.4, -0.2) is 53.6 Å². The second kappa shape index (κ2) is 10.7. The number of hydrogen-bond acceptors (Lipinski definition) is 4. The molecule has 0 aliphatic carbocycles. The summed E-state index contributed by atoms with van der Waals surface area (Å²) in [6, 6.07) is 5.78. The molecule has 2 N–H and O–H groups in total. The van der Waals surface area contributed by atoms with Crippen molar-refractivity contribution < 1.29 is 24.2 Å². The molecule has 1 aromatic carbocycles. The highest BCUT2D eigenvalue weighted by Gasteiger charge is 2.32. The summed E-state index contributed by atoms with van der Waals surface area (Å²) in [5, 5.41) is 12.1. The normalized spacial score (nSPS) is 16.8. The summed E-state index contributed by atoms with van der Waals surface area (Å²) in [6.07, 6.45) is 5.15. The van der Waals surface area contributed by atoms with E-state index in [9.17, 15) is 19.5 Å². The summed E-state index contributed by atoms with van der Waals surface area (Å²) in [5.41, 5.74) is 0.858. The number of ether oxygens (including phenoxy) is 1. The van der Waals surface area contributed by atoms with Crippen molar-refractivity contribution in [2.45, 2.75) is 51.5 Å². The number of amides is 2. The fourth-order valence-electron chi connectivity index (χ4n) is 3.14. The molecule has 7 nitrogen and oxygen atoms in total. The van der Waals surface area contributed by atoms with Crippen molar-refractivity contribution in [3.63, 3.8) is 0 Å². The smallest absolute Gasteiger partial charge is 0.326 e. The largest absolute Gasteiger partial charge is 0.480 e. The summed E-state index contributed by atoms with van der Waals surface area (Å²) in [7, 11) is 0. The van der Waals surface area contributed by atoms with Crippen LogP contribution in [0, 0.1) is 0 Å². The lowest BCUT2D eigenvalue weighted by molar-refractivity contribution is -0.143. The molecule has 0 radical (unpaired) electrons. The Hall–Kier alpha value is -2.41. The van der Waals surface area contributed by atoms with E-state index in [1.165, 1.54) is 4.90 Å². The molecule has 0 spiro atoms. The first kappa shape index (κ1) is 20.9. The second-order valence-corrected chi connectivity index (χ2v) is 6.74. The lowest BCUT2D eigenvalue weighted by Crippen LogP contribution is -2.48. The number of nitrogens with one attached hydrogen (secondary N) is 1. The minimum Gasteiger partial charge on any atom is -0.480 e. The van der Waals surface area contributed by atoms with Crippen molar-refractivity contribution in [2.75, 3.05) is 25.1 Å². The average Bonchev–Trinajstić information content (AvgIpc) is 2.67. The van der Waals surface area contributed by atoms with Gasteiger partial charge in [-0.25, -0.2) is 4.79 Å². The van der Waals surface area contributed by atoms with Gasteiger partial charge in [-0.15, -0.1) is 0 Å². The van der Waals surface area contributed by atoms with Crippen LogP contribution in [0.4, 0.5) is 5.69 Å². The Bertz CT molecular complexity index is 662. The van der Waals surface area contributed by atoms with Gasteiger partial charge in [-0.05, 0) is 43.9 Å². The molecule has 2 amide bonds. The highest BCUT2D eigenvalue weighted by Crippen LogP contribution is 2.21. The van der Waals surface area contributed by atoms with Gasteiger partial charge in [0.25, 0.3) is 5.91 Å². The van der Waals surface area contributed by atoms with Crippen LogP contribution in [0.2, 0.25) is 0 Å². The van der Waals surface area contributed by atoms with Crippen LogP contribution in [0.1, 0.15) is 55.8 Å². The lowest BCUT2D eigenvalue weighted by Gasteiger charge is -2.33. The van der Waals surface area contributed by atoms with Gasteiger partial charge in [-0.1, -0.05) is 25.8 Å². The third-order valence-electron chi connectivity index (χ3n) is 4.57. The number of unbranched alkanes of at least 4 members (excludes halogenated alkanes) is 2. The van der Waals surface area contributed by atoms with Gasteiger partial charge >= 0.3 is 5.97 Å². The predicted octanol–water partition coefficient (Wildman–Crippen LogP) is 2.91. The Morgan fingerprint density at radius 3 is 2.81 bits per heavy atom. The van der Waals surface area contributed by atoms with E-state index in [-0.39, 0.29) is 18.4 Å². The number of carboxylic acid groups (broad SMARTS) is 1. The third-order valence-corrected chi connectivity index (χ3v) is 4.57. The highest BCUT2D eigenvalue weighted by molar-refractivity contribution is 5.99. The average molecular weight is 376 g/mol. The molecule has 1 aromatic rings. The zero-order valence-corrected chi connectivity index (χ0v) is 15.8. The molecule has 0 bridgehead atoms. The Morgan fingerprint density at radius 2 is 2.07 bits per heavy atom. The molecule has 1 saturated heterocycles. The molecule has 1 unspecified atom stereocenters. The number of carbonyl (C=O) groups excluding carboxylic acids is 2. The van der Waals surface area contributed by atoms with E-state index < -0.39 is 12.0 Å². The lowest BCUT2D eigenvalue weighted by atomic mass is 10.0. The predicted molar refractivity (Wildman–Crippen MR) is 102 cm³/mol. The number of hydrogen-bond donors (Lipinski definition) is 2. The number of anilines is 1. The maximum atomic E-state index is 12.8. The molecule has 1 atom stereocenters. The number of aliphatic carboxylic acids is 1. The fraction of sp³-hybridized carbons (Fsp3) is 0.550. The number of benzene rings is 1. The molecule has 1 aliphatic heterocycles. The molecule has 0 saturated carbocycles. The molecule has 1 fully saturated rings. The highest BCUT2D eigenvalue weighted by atomic mass is 16.5. The van der Waals surface area contributed by atoms with E-state index in [0.29, 0.717) is 30.8 Å². The van der Waals surface area contributed by atoms with Gasteiger partial charge in [0.15, 0.2) is 0 Å². The van der Waals surface area contributed by atoms with Gasteiger partial charge in [0.1, 0.15) is 12.6 Å². The maximum Gasteiger partial charge on any atom is 0.326 e. The SMILES string of the molecule is CCCCCOCC(=O)Nc1cccc(C(=O)N2CCCCC2C(=O)O)c1. The number of rotatable bonds is 9. The third kappa shape index (κ3) is 6.36. The van der Waals surface area contributed by atoms with E-state index in [1.807, 2.05) is 0 Å². The summed E-state index contributed by atoms with van der Waals surface area (Å²) >= 11 is 0. The van der Waals surface area contributed by atoms with Crippen molar-refractivity contribution in [3.05, 3.63) is 29.8 Å². The summed E-state index contributed by atoms with van der Waals surface area (Å²) in [6.45, 7) is 3.04. The molecule has 7 heteroatoms. The zero-order valence-electron chi connectivity index (χ0n) is 15.8. The summed E-state index contributed by atoms with van der Waals surface area (Å²) < 4.78 is 5.33. The molecule has 1 heterocycles. The van der Waals surface area contributed by atoms with Crippen LogP contribution in [0.15, 0.2) is 24.3 Å². The summed E-state index contributed by atoms with van der Waals surface area (Å²) in [4.78, 5) is 37.5. The summed E-state index contributed by atoms with van der Waals surface area (Å²) in [5.74, 6) is -1.58. The van der Waals surface area contributed by atoms with Crippen LogP contribution in [0.5, 0.6) is 0 Å². The zero-order chi connectivity index (χ0) is 19.6. The fourth-order valence-corrected chi connectivity index (χ4v) is 3.14. The van der Waals surface area contributed by atoms with Gasteiger partial charge in [0, 0.05) is 24.4 Å². The van der Waals surface area contributed by atoms with Crippen LogP contribution >= 0.6 is 0 Å². The van der Waals surface area contributed by atoms with Crippen LogP contribution in [-0.2, 0) is 14.3 Å². The van der Waals surface area contributed by atoms with Crippen molar-refractivity contribution in [2.24, 2.45) is 0 Å². The molecule has 0 aromatic heterocycles. The van der Waals surface area contributed by atoms with E-state index in [1.54, 1.807) is 24.3 Å². The molecule has 148 valence electrons. The Balaban J connectivity index is 1.94. The first-order valence-electron chi connectivity index (χ1n) is 9.54. The van der Waals surface area contributed by atoms with E-state index >= 15 is 0 Å². The monoisotopic (exact) mass is 376 g/mol. The Morgan fingerprint density at radius 1 is 1.26 bits per heavy atom. The van der Waals surface area contributed by atoms with Crippen LogP contribution in [0.3, 0.4) is 0 Å². The van der Waals surface area contributed by atoms with E-state index in [4.69, 9.17) is 4.74 Å². The molecule has 2 rings (SSSR count). The molecule has 27 heavy (non-hydrogen) atoms. The minimum absolute atomic E-state index is 0.0326. The van der Waals surface area contributed by atoms with E-state index in [2.05, 4.69) is 12.2 Å².